The van der Waals surface area contributed by atoms with E-state index in [1.165, 1.54) is 6.20 Å². The SMILES string of the molecule is CCCCNC(=O)/C(C#N)=C\N(C)CCO. The number of hydrogen-bond acceptors (Lipinski definition) is 4. The topological polar surface area (TPSA) is 76.4 Å². The predicted molar refractivity (Wildman–Crippen MR) is 61.3 cm³/mol. The van der Waals surface area contributed by atoms with Crippen LogP contribution in [0.25, 0.3) is 0 Å². The highest BCUT2D eigenvalue weighted by molar-refractivity contribution is 5.97. The standard InChI is InChI=1S/C11H19N3O2/c1-3-4-5-13-11(16)10(8-12)9-14(2)6-7-15/h9,15H,3-7H2,1-2H3,(H,13,16)/b10-9-. The molecule has 0 aliphatic heterocycles. The van der Waals surface area contributed by atoms with Crippen LogP contribution in [0.15, 0.2) is 11.8 Å². The van der Waals surface area contributed by atoms with Gasteiger partial charge in [0, 0.05) is 26.3 Å². The summed E-state index contributed by atoms with van der Waals surface area (Å²) < 4.78 is 0. The molecule has 0 unspecified atom stereocenters. The largest absolute Gasteiger partial charge is 0.395 e. The van der Waals surface area contributed by atoms with Crippen molar-refractivity contribution in [1.29, 1.82) is 5.26 Å². The molecule has 0 saturated carbocycles. The molecule has 0 aromatic carbocycles. The van der Waals surface area contributed by atoms with Crippen molar-refractivity contribution < 1.29 is 9.90 Å². The molecule has 0 fully saturated rings. The molecule has 0 aliphatic carbocycles. The summed E-state index contributed by atoms with van der Waals surface area (Å²) >= 11 is 0. The fourth-order valence-corrected chi connectivity index (χ4v) is 1.05. The van der Waals surface area contributed by atoms with E-state index in [1.54, 1.807) is 11.9 Å². The summed E-state index contributed by atoms with van der Waals surface area (Å²) in [7, 11) is 1.70. The number of aliphatic hydroxyl groups excluding tert-OH is 1. The summed E-state index contributed by atoms with van der Waals surface area (Å²) in [5.41, 5.74) is 0.0621. The van der Waals surface area contributed by atoms with Crippen LogP contribution >= 0.6 is 0 Å². The second-order valence-corrected chi connectivity index (χ2v) is 3.47. The fraction of sp³-hybridized carbons (Fsp3) is 0.636. The van der Waals surface area contributed by atoms with Crippen molar-refractivity contribution in [3.63, 3.8) is 0 Å². The van der Waals surface area contributed by atoms with E-state index in [0.29, 0.717) is 13.1 Å². The van der Waals surface area contributed by atoms with Crippen molar-refractivity contribution in [3.8, 4) is 6.07 Å². The minimum Gasteiger partial charge on any atom is -0.395 e. The van der Waals surface area contributed by atoms with Gasteiger partial charge in [0.15, 0.2) is 0 Å². The van der Waals surface area contributed by atoms with Crippen molar-refractivity contribution in [2.75, 3.05) is 26.7 Å². The van der Waals surface area contributed by atoms with E-state index in [1.807, 2.05) is 13.0 Å². The number of nitrogens with zero attached hydrogens (tertiary/aromatic N) is 2. The molecular weight excluding hydrogens is 206 g/mol. The summed E-state index contributed by atoms with van der Waals surface area (Å²) in [6.07, 6.45) is 3.34. The quantitative estimate of drug-likeness (QED) is 0.369. The highest BCUT2D eigenvalue weighted by atomic mass is 16.3. The van der Waals surface area contributed by atoms with Gasteiger partial charge < -0.3 is 15.3 Å². The van der Waals surface area contributed by atoms with E-state index in [4.69, 9.17) is 10.4 Å². The maximum atomic E-state index is 11.5. The van der Waals surface area contributed by atoms with Gasteiger partial charge in [-0.1, -0.05) is 13.3 Å². The summed E-state index contributed by atoms with van der Waals surface area (Å²) in [4.78, 5) is 13.1. The maximum absolute atomic E-state index is 11.5. The molecule has 0 heterocycles. The average Bonchev–Trinajstić information content (AvgIpc) is 2.26. The molecule has 0 saturated heterocycles. The van der Waals surface area contributed by atoms with Crippen LogP contribution in [0.1, 0.15) is 19.8 Å². The number of nitriles is 1. The molecule has 0 aromatic rings. The van der Waals surface area contributed by atoms with Gasteiger partial charge in [-0.3, -0.25) is 4.79 Å². The molecule has 2 N–H and O–H groups in total. The van der Waals surface area contributed by atoms with E-state index in [0.717, 1.165) is 12.8 Å². The van der Waals surface area contributed by atoms with Crippen molar-refractivity contribution in [2.45, 2.75) is 19.8 Å². The van der Waals surface area contributed by atoms with Gasteiger partial charge in [-0.2, -0.15) is 5.26 Å². The number of rotatable bonds is 7. The fourth-order valence-electron chi connectivity index (χ4n) is 1.05. The molecule has 0 spiro atoms. The molecule has 0 atom stereocenters. The monoisotopic (exact) mass is 225 g/mol. The van der Waals surface area contributed by atoms with Crippen LogP contribution in [0.3, 0.4) is 0 Å². The van der Waals surface area contributed by atoms with Gasteiger partial charge in [0.1, 0.15) is 11.6 Å². The third kappa shape index (κ3) is 6.04. The Bertz CT molecular complexity index is 281. The number of amides is 1. The van der Waals surface area contributed by atoms with E-state index in [9.17, 15) is 4.79 Å². The summed E-state index contributed by atoms with van der Waals surface area (Å²) in [5.74, 6) is -0.360. The molecule has 0 rings (SSSR count). The zero-order chi connectivity index (χ0) is 12.4. The molecule has 0 aliphatic rings. The highest BCUT2D eigenvalue weighted by Gasteiger charge is 2.08. The minimum atomic E-state index is -0.360. The highest BCUT2D eigenvalue weighted by Crippen LogP contribution is 1.96. The van der Waals surface area contributed by atoms with E-state index >= 15 is 0 Å². The lowest BCUT2D eigenvalue weighted by Gasteiger charge is -2.12. The van der Waals surface area contributed by atoms with Crippen LogP contribution in [0, 0.1) is 11.3 Å². The molecule has 5 nitrogen and oxygen atoms in total. The second-order valence-electron chi connectivity index (χ2n) is 3.47. The Labute approximate surface area is 96.4 Å². The van der Waals surface area contributed by atoms with Gasteiger partial charge >= 0.3 is 0 Å². The van der Waals surface area contributed by atoms with Crippen molar-refractivity contribution in [1.82, 2.24) is 10.2 Å². The molecule has 1 amide bonds. The maximum Gasteiger partial charge on any atom is 0.263 e. The van der Waals surface area contributed by atoms with Crippen LogP contribution in [0.2, 0.25) is 0 Å². The molecule has 0 radical (unpaired) electrons. The summed E-state index contributed by atoms with van der Waals surface area (Å²) in [6, 6.07) is 1.84. The Morgan fingerprint density at radius 3 is 2.81 bits per heavy atom. The smallest absolute Gasteiger partial charge is 0.263 e. The number of carbonyl (C=O) groups is 1. The lowest BCUT2D eigenvalue weighted by Crippen LogP contribution is -2.27. The van der Waals surface area contributed by atoms with E-state index < -0.39 is 0 Å². The Hall–Kier alpha value is -1.54. The molecule has 5 heteroatoms. The molecule has 16 heavy (non-hydrogen) atoms. The Morgan fingerprint density at radius 2 is 2.31 bits per heavy atom. The Kier molecular flexibility index (Phi) is 7.90. The Morgan fingerprint density at radius 1 is 1.62 bits per heavy atom. The number of hydrogen-bond donors (Lipinski definition) is 2. The van der Waals surface area contributed by atoms with E-state index in [-0.39, 0.29) is 18.1 Å². The number of nitrogens with one attached hydrogen (secondary N) is 1. The Balaban J connectivity index is 4.26. The average molecular weight is 225 g/mol. The second kappa shape index (κ2) is 8.74. The minimum absolute atomic E-state index is 0.0108. The van der Waals surface area contributed by atoms with E-state index in [2.05, 4.69) is 5.32 Å². The normalized spacial score (nSPS) is 10.8. The third-order valence-electron chi connectivity index (χ3n) is 1.98. The number of likely N-dealkylation sites (N-methyl/N-ethyl adjacent to an activating group) is 1. The number of aliphatic hydroxyl groups is 1. The van der Waals surface area contributed by atoms with Crippen molar-refractivity contribution >= 4 is 5.91 Å². The van der Waals surface area contributed by atoms with Crippen molar-refractivity contribution in [3.05, 3.63) is 11.8 Å². The van der Waals surface area contributed by atoms with Crippen molar-refractivity contribution in [2.24, 2.45) is 0 Å². The lowest BCUT2D eigenvalue weighted by atomic mass is 10.2. The molecule has 90 valence electrons. The van der Waals surface area contributed by atoms with Gasteiger partial charge in [-0.15, -0.1) is 0 Å². The van der Waals surface area contributed by atoms with Gasteiger partial charge in [-0.25, -0.2) is 0 Å². The van der Waals surface area contributed by atoms with Crippen LogP contribution < -0.4 is 5.32 Å². The van der Waals surface area contributed by atoms with Crippen LogP contribution in [0.5, 0.6) is 0 Å². The molecule has 0 bridgehead atoms. The number of unbranched alkanes of at least 4 members (excludes halogenated alkanes) is 1. The zero-order valence-electron chi connectivity index (χ0n) is 9.86. The van der Waals surface area contributed by atoms with Gasteiger partial charge in [-0.05, 0) is 6.42 Å². The van der Waals surface area contributed by atoms with Gasteiger partial charge in [0.25, 0.3) is 5.91 Å². The van der Waals surface area contributed by atoms with Gasteiger partial charge in [0.05, 0.1) is 6.61 Å². The first kappa shape index (κ1) is 14.5. The predicted octanol–water partition coefficient (Wildman–Crippen LogP) is 0.234. The van der Waals surface area contributed by atoms with Crippen LogP contribution in [-0.4, -0.2) is 42.7 Å². The first-order valence-corrected chi connectivity index (χ1v) is 5.36. The zero-order valence-corrected chi connectivity index (χ0v) is 9.86. The molecule has 0 aromatic heterocycles. The van der Waals surface area contributed by atoms with Crippen LogP contribution in [-0.2, 0) is 4.79 Å². The number of carbonyl (C=O) groups excluding carboxylic acids is 1. The van der Waals surface area contributed by atoms with Gasteiger partial charge in [0.2, 0.25) is 0 Å². The molecular formula is C11H19N3O2. The summed E-state index contributed by atoms with van der Waals surface area (Å²) in [6.45, 7) is 3.00. The first-order valence-electron chi connectivity index (χ1n) is 5.36. The third-order valence-corrected chi connectivity index (χ3v) is 1.98. The lowest BCUT2D eigenvalue weighted by molar-refractivity contribution is -0.117. The van der Waals surface area contributed by atoms with Crippen LogP contribution in [0.4, 0.5) is 0 Å². The summed E-state index contributed by atoms with van der Waals surface area (Å²) in [5, 5.41) is 20.1. The first-order chi connectivity index (χ1) is 7.65.